The van der Waals surface area contributed by atoms with Gasteiger partial charge < -0.3 is 21.1 Å². The maximum atomic E-state index is 13.6. The molecule has 0 bridgehead atoms. The Morgan fingerprint density at radius 2 is 1.97 bits per heavy atom. The van der Waals surface area contributed by atoms with Gasteiger partial charge in [0.1, 0.15) is 11.6 Å². The van der Waals surface area contributed by atoms with Gasteiger partial charge in [0.25, 0.3) is 0 Å². The van der Waals surface area contributed by atoms with Crippen molar-refractivity contribution in [2.75, 3.05) is 23.7 Å². The first-order valence-electron chi connectivity index (χ1n) is 12.6. The van der Waals surface area contributed by atoms with Crippen LogP contribution in [-0.2, 0) is 4.79 Å². The highest BCUT2D eigenvalue weighted by Crippen LogP contribution is 2.37. The van der Waals surface area contributed by atoms with Crippen molar-refractivity contribution < 1.29 is 27.5 Å². The number of benzene rings is 2. The van der Waals surface area contributed by atoms with Crippen molar-refractivity contribution in [3.8, 4) is 0 Å². The first-order valence-corrected chi connectivity index (χ1v) is 12.9. The molecule has 0 spiro atoms. The van der Waals surface area contributed by atoms with Gasteiger partial charge in [-0.25, -0.2) is 14.2 Å². The van der Waals surface area contributed by atoms with Crippen LogP contribution in [0.5, 0.6) is 0 Å². The molecule has 208 valence electrons. The van der Waals surface area contributed by atoms with E-state index in [2.05, 4.69) is 47.1 Å². The molecule has 7 nitrogen and oxygen atoms in total. The molecule has 0 radical (unpaired) electrons. The second kappa shape index (κ2) is 12.2. The summed E-state index contributed by atoms with van der Waals surface area (Å²) in [5, 5.41) is 18.5. The molecule has 0 unspecified atom stereocenters. The Balaban J connectivity index is 0.000000448. The molecule has 1 fully saturated rings. The maximum absolute atomic E-state index is 13.6. The average molecular weight is 566 g/mol. The first-order chi connectivity index (χ1) is 18.6. The number of nitrogens with one attached hydrogen (secondary N) is 3. The minimum absolute atomic E-state index is 0.0643. The molecule has 5 rings (SSSR count). The maximum Gasteiger partial charge on any atom is 0.490 e. The van der Waals surface area contributed by atoms with Gasteiger partial charge in [-0.3, -0.25) is 0 Å². The van der Waals surface area contributed by atoms with Crippen molar-refractivity contribution in [1.29, 1.82) is 0 Å². The Labute approximate surface area is 227 Å². The van der Waals surface area contributed by atoms with E-state index in [-0.39, 0.29) is 5.02 Å². The number of carbonyl (C=O) groups is 1. The standard InChI is InChI=1S/C25H27ClFN5.C2HF3O2/c1-2-22(16-6-7-16)30-24-19-5-3-4-18(15-10-12-28-13-11-15)23(19)31-25(32-24)29-17-8-9-21(27)20(26)14-17;3-2(4,5)1(6)7/h3-5,8-10,14,16,22,28H,2,6-7,11-13H2,1H3,(H2,29,30,31,32);(H,6,7)/t22-;/m1./s1. The Morgan fingerprint density at radius 1 is 1.23 bits per heavy atom. The third kappa shape index (κ3) is 7.36. The number of fused-ring (bicyclic) bond motifs is 1. The van der Waals surface area contributed by atoms with Crippen molar-refractivity contribution in [3.05, 3.63) is 58.9 Å². The molecule has 0 amide bonds. The molecule has 1 aromatic heterocycles. The molecular formula is C27H28ClF4N5O2. The fourth-order valence-corrected chi connectivity index (χ4v) is 4.56. The van der Waals surface area contributed by atoms with E-state index in [4.69, 9.17) is 31.5 Å². The molecule has 2 heterocycles. The van der Waals surface area contributed by atoms with Gasteiger partial charge in [0, 0.05) is 29.2 Å². The predicted octanol–water partition coefficient (Wildman–Crippen LogP) is 6.78. The van der Waals surface area contributed by atoms with E-state index in [1.807, 2.05) is 0 Å². The average Bonchev–Trinajstić information content (AvgIpc) is 3.75. The lowest BCUT2D eigenvalue weighted by atomic mass is 9.97. The number of alkyl halides is 3. The number of anilines is 3. The molecule has 2 aromatic carbocycles. The van der Waals surface area contributed by atoms with E-state index in [1.165, 1.54) is 24.5 Å². The molecule has 1 aliphatic carbocycles. The van der Waals surface area contributed by atoms with Gasteiger partial charge in [-0.05, 0) is 68.0 Å². The zero-order valence-corrected chi connectivity index (χ0v) is 21.8. The second-order valence-corrected chi connectivity index (χ2v) is 9.74. The zero-order valence-electron chi connectivity index (χ0n) is 21.1. The van der Waals surface area contributed by atoms with E-state index in [0.29, 0.717) is 23.6 Å². The Kier molecular flexibility index (Phi) is 8.91. The van der Waals surface area contributed by atoms with Gasteiger partial charge in [-0.1, -0.05) is 36.7 Å². The normalized spacial score (nSPS) is 16.1. The third-order valence-electron chi connectivity index (χ3n) is 6.51. The van der Waals surface area contributed by atoms with Crippen molar-refractivity contribution in [2.24, 2.45) is 5.92 Å². The smallest absolute Gasteiger partial charge is 0.475 e. The molecule has 4 N–H and O–H groups in total. The van der Waals surface area contributed by atoms with Crippen LogP contribution in [0.2, 0.25) is 5.02 Å². The van der Waals surface area contributed by atoms with Crippen molar-refractivity contribution in [2.45, 2.75) is 44.8 Å². The third-order valence-corrected chi connectivity index (χ3v) is 6.80. The number of carboxylic acids is 1. The molecule has 39 heavy (non-hydrogen) atoms. The summed E-state index contributed by atoms with van der Waals surface area (Å²) in [7, 11) is 0. The van der Waals surface area contributed by atoms with Crippen LogP contribution in [0.1, 0.15) is 38.2 Å². The summed E-state index contributed by atoms with van der Waals surface area (Å²) in [4.78, 5) is 18.6. The van der Waals surface area contributed by atoms with E-state index >= 15 is 0 Å². The van der Waals surface area contributed by atoms with Crippen LogP contribution in [0.15, 0.2) is 42.5 Å². The fraction of sp³-hybridized carbons (Fsp3) is 0.370. The van der Waals surface area contributed by atoms with E-state index in [1.54, 1.807) is 12.1 Å². The largest absolute Gasteiger partial charge is 0.490 e. The van der Waals surface area contributed by atoms with E-state index in [9.17, 15) is 17.6 Å². The quantitative estimate of drug-likeness (QED) is 0.234. The minimum atomic E-state index is -5.08. The monoisotopic (exact) mass is 565 g/mol. The summed E-state index contributed by atoms with van der Waals surface area (Å²) in [6.07, 6.45) is 1.68. The number of para-hydroxylation sites is 1. The van der Waals surface area contributed by atoms with E-state index < -0.39 is 18.0 Å². The number of hydrogen-bond acceptors (Lipinski definition) is 6. The minimum Gasteiger partial charge on any atom is -0.475 e. The first kappa shape index (κ1) is 28.6. The topological polar surface area (TPSA) is 99.2 Å². The SMILES string of the molecule is CC[C@@H](Nc1nc(Nc2ccc(F)c(Cl)c2)nc2c(C3=CCNCC3)cccc12)C1CC1.O=C(O)C(F)(F)F. The van der Waals surface area contributed by atoms with Crippen LogP contribution in [0, 0.1) is 11.7 Å². The summed E-state index contributed by atoms with van der Waals surface area (Å²) in [6, 6.07) is 11.2. The molecule has 1 saturated carbocycles. The van der Waals surface area contributed by atoms with Crippen LogP contribution in [0.3, 0.4) is 0 Å². The number of hydrogen-bond donors (Lipinski definition) is 4. The Morgan fingerprint density at radius 3 is 2.56 bits per heavy atom. The number of aliphatic carboxylic acids is 1. The summed E-state index contributed by atoms with van der Waals surface area (Å²) < 4.78 is 45.4. The number of halogens is 5. The van der Waals surface area contributed by atoms with Gasteiger partial charge >= 0.3 is 12.1 Å². The van der Waals surface area contributed by atoms with Crippen LogP contribution in [0.25, 0.3) is 16.5 Å². The Bertz CT molecular complexity index is 1380. The number of rotatable bonds is 7. The lowest BCUT2D eigenvalue weighted by molar-refractivity contribution is -0.192. The van der Waals surface area contributed by atoms with Crippen LogP contribution < -0.4 is 16.0 Å². The molecular weight excluding hydrogens is 538 g/mol. The van der Waals surface area contributed by atoms with Crippen LogP contribution in [0.4, 0.5) is 35.0 Å². The molecule has 1 atom stereocenters. The molecule has 2 aliphatic rings. The van der Waals surface area contributed by atoms with Crippen molar-refractivity contribution in [3.63, 3.8) is 0 Å². The van der Waals surface area contributed by atoms with Gasteiger partial charge in [0.2, 0.25) is 5.95 Å². The lowest BCUT2D eigenvalue weighted by Gasteiger charge is -2.21. The van der Waals surface area contributed by atoms with Gasteiger partial charge in [-0.15, -0.1) is 0 Å². The van der Waals surface area contributed by atoms with E-state index in [0.717, 1.165) is 48.2 Å². The second-order valence-electron chi connectivity index (χ2n) is 9.33. The van der Waals surface area contributed by atoms with Gasteiger partial charge in [-0.2, -0.15) is 18.2 Å². The summed E-state index contributed by atoms with van der Waals surface area (Å²) in [6.45, 7) is 4.03. The van der Waals surface area contributed by atoms with Crippen molar-refractivity contribution >= 4 is 51.5 Å². The predicted molar refractivity (Wildman–Crippen MR) is 144 cm³/mol. The number of carboxylic acid groups (broad SMARTS) is 1. The summed E-state index contributed by atoms with van der Waals surface area (Å²) in [5.74, 6) is -1.20. The molecule has 0 saturated heterocycles. The summed E-state index contributed by atoms with van der Waals surface area (Å²) in [5.41, 5.74) is 3.99. The zero-order chi connectivity index (χ0) is 28.2. The lowest BCUT2D eigenvalue weighted by Crippen LogP contribution is -2.22. The highest BCUT2D eigenvalue weighted by molar-refractivity contribution is 6.31. The molecule has 1 aliphatic heterocycles. The highest BCUT2D eigenvalue weighted by Gasteiger charge is 2.38. The Hall–Kier alpha value is -3.44. The molecule has 3 aromatic rings. The van der Waals surface area contributed by atoms with Crippen LogP contribution >= 0.6 is 11.6 Å². The molecule has 12 heteroatoms. The van der Waals surface area contributed by atoms with Crippen LogP contribution in [-0.4, -0.2) is 46.4 Å². The fourth-order valence-electron chi connectivity index (χ4n) is 4.37. The van der Waals surface area contributed by atoms with Gasteiger partial charge in [0.05, 0.1) is 10.5 Å². The number of nitrogens with zero attached hydrogens (tertiary/aromatic N) is 2. The highest BCUT2D eigenvalue weighted by atomic mass is 35.5. The van der Waals surface area contributed by atoms with Crippen molar-refractivity contribution in [1.82, 2.24) is 15.3 Å². The summed E-state index contributed by atoms with van der Waals surface area (Å²) >= 11 is 5.98. The van der Waals surface area contributed by atoms with Gasteiger partial charge in [0.15, 0.2) is 0 Å². The number of aromatic nitrogens is 2.